The van der Waals surface area contributed by atoms with Gasteiger partial charge in [0.2, 0.25) is 0 Å². The number of hydrogen-bond acceptors (Lipinski definition) is 28. The summed E-state index contributed by atoms with van der Waals surface area (Å²) in [6.45, 7) is 17.4. The standard InChI is InChI=1S/C23H27FN4O4.C18H19FN4O2.C15H15N3O2.C14H13N3O2.C8H6ClNO2.C7H8O3S/c1-15-9-16(7-8-25-15)12-26-21-28-19-6-5-18(10-20(19)31-21)30-14-17(11-24)13-27-22(29)32-23(2,3)4;1-12-6-13(4-5-21-12)10-22-18-23-16-3-2-15(7-17(16)25-18)24-11-14(8-19)9-20;1-10-7-11(5-6-16-10)9-17-15-18-13-4-3-12(19-2)8-14(13)20-15;1-9-6-10(4-5-15-9)8-16-14-17-12-3-2-11(18)7-13(12)19-14;1-11-5-2-3-6-7(4-5)12-8(9)10-6;1-6-2-4-7(5-3-6)11(8,9)10/h5-11H,12-14H2,1-4H3,(H,26,28)(H,27,29);2-8H,9-11,20H2,1H3,(H,22,23);3-8H,9H2,1-2H3,(H,17,18);2-7,18H,8H2,1H3,(H,16,17);2-4H,1H3;2-5H,1H3,(H,8,9,10)/b17-11-;14-8-;;;;. The topological polar surface area (TPSA) is 406 Å². The molecule has 1 amide bonds. The Morgan fingerprint density at radius 2 is 0.824 bits per heavy atom. The first-order valence-electron chi connectivity index (χ1n) is 36.7. The third-order valence-corrected chi connectivity index (χ3v) is 17.5. The Bertz CT molecular complexity index is 6050. The van der Waals surface area contributed by atoms with E-state index >= 15 is 0 Å². The van der Waals surface area contributed by atoms with Crippen LogP contribution in [0.5, 0.6) is 28.7 Å². The minimum absolute atomic E-state index is 0.0293. The molecule has 0 atom stereocenters. The number of anilines is 4. The molecule has 0 fully saturated rings. The zero-order valence-electron chi connectivity index (χ0n) is 66.6. The number of phenols is 1. The number of carbonyl (C=O) groups excluding carboxylic acids is 1. The van der Waals surface area contributed by atoms with E-state index in [1.54, 1.807) is 145 Å². The highest BCUT2D eigenvalue weighted by molar-refractivity contribution is 7.85. The average Bonchev–Trinajstić information content (AvgIpc) is 1.71. The molecular formula is C85H88ClF2N15O15S. The zero-order chi connectivity index (χ0) is 85.0. The second-order valence-corrected chi connectivity index (χ2v) is 29.0. The molecule has 620 valence electrons. The number of aryl methyl sites for hydroxylation is 5. The number of aromatic hydroxyl groups is 1. The van der Waals surface area contributed by atoms with Crippen molar-refractivity contribution in [3.63, 3.8) is 0 Å². The van der Waals surface area contributed by atoms with Crippen LogP contribution in [-0.2, 0) is 41.0 Å². The summed E-state index contributed by atoms with van der Waals surface area (Å²) in [5.41, 5.74) is 21.3. The maximum absolute atomic E-state index is 13.2. The molecular weight excluding hydrogens is 1580 g/mol. The number of methoxy groups -OCH3 is 2. The van der Waals surface area contributed by atoms with Crippen LogP contribution in [-0.4, -0.2) is 115 Å². The molecule has 0 radical (unpaired) electrons. The number of nitrogens with two attached hydrogens (primary N) is 1. The molecule has 0 saturated carbocycles. The number of rotatable bonds is 24. The molecule has 0 aliphatic heterocycles. The summed E-state index contributed by atoms with van der Waals surface area (Å²) in [6, 6.07) is 49.7. The first kappa shape index (κ1) is 87.6. The Morgan fingerprint density at radius 3 is 1.18 bits per heavy atom. The smallest absolute Gasteiger partial charge is 0.407 e. The van der Waals surface area contributed by atoms with Gasteiger partial charge in [-0.25, -0.2) is 13.6 Å². The summed E-state index contributed by atoms with van der Waals surface area (Å²) < 4.78 is 109. The summed E-state index contributed by atoms with van der Waals surface area (Å²) in [6.07, 6.45) is 7.35. The number of benzene rings is 6. The van der Waals surface area contributed by atoms with Crippen molar-refractivity contribution in [1.82, 2.24) is 50.2 Å². The van der Waals surface area contributed by atoms with E-state index in [1.807, 2.05) is 101 Å². The number of fused-ring (bicyclic) bond motifs is 5. The van der Waals surface area contributed by atoms with Crippen molar-refractivity contribution in [3.05, 3.63) is 268 Å². The normalized spacial score (nSPS) is 11.3. The molecule has 9 heterocycles. The first-order valence-corrected chi connectivity index (χ1v) is 38.6. The number of nitrogens with one attached hydrogen (secondary N) is 5. The third kappa shape index (κ3) is 28.0. The van der Waals surface area contributed by atoms with Gasteiger partial charge in [-0.05, 0) is 211 Å². The Balaban J connectivity index is 0.000000155. The van der Waals surface area contributed by atoms with E-state index in [1.165, 1.54) is 12.1 Å². The molecule has 30 nitrogen and oxygen atoms in total. The summed E-state index contributed by atoms with van der Waals surface area (Å²) in [5, 5.41) is 24.6. The van der Waals surface area contributed by atoms with Crippen molar-refractivity contribution in [1.29, 1.82) is 0 Å². The molecule has 6 aromatic carbocycles. The second kappa shape index (κ2) is 42.2. The van der Waals surface area contributed by atoms with Crippen LogP contribution in [0.15, 0.2) is 239 Å². The van der Waals surface area contributed by atoms with Gasteiger partial charge in [-0.15, -0.1) is 0 Å². The van der Waals surface area contributed by atoms with E-state index in [0.717, 1.165) is 73.1 Å². The first-order chi connectivity index (χ1) is 57.1. The maximum atomic E-state index is 13.2. The monoisotopic (exact) mass is 1660 g/mol. The zero-order valence-corrected chi connectivity index (χ0v) is 68.1. The number of nitrogens with zero attached hydrogens (tertiary/aromatic N) is 9. The Morgan fingerprint density at radius 1 is 0.479 bits per heavy atom. The van der Waals surface area contributed by atoms with Gasteiger partial charge in [0, 0.05) is 128 Å². The summed E-state index contributed by atoms with van der Waals surface area (Å²) in [7, 11) is -0.796. The number of alkyl carbamates (subject to hydrolysis) is 1. The van der Waals surface area contributed by atoms with Gasteiger partial charge < -0.3 is 83.2 Å². The van der Waals surface area contributed by atoms with Crippen LogP contribution in [0.2, 0.25) is 5.35 Å². The summed E-state index contributed by atoms with van der Waals surface area (Å²) in [5.74, 6) is 2.70. The van der Waals surface area contributed by atoms with Crippen LogP contribution in [0.1, 0.15) is 71.4 Å². The van der Waals surface area contributed by atoms with E-state index in [4.69, 9.17) is 67.7 Å². The molecule has 0 bridgehead atoms. The van der Waals surface area contributed by atoms with Crippen molar-refractivity contribution < 1.29 is 77.4 Å². The molecule has 0 aliphatic rings. The van der Waals surface area contributed by atoms with Crippen molar-refractivity contribution in [2.75, 3.05) is 61.8 Å². The molecule has 9 N–H and O–H groups in total. The van der Waals surface area contributed by atoms with Gasteiger partial charge in [0.1, 0.15) is 75.1 Å². The van der Waals surface area contributed by atoms with Gasteiger partial charge >= 0.3 is 6.09 Å². The number of carbonyl (C=O) groups is 1. The third-order valence-electron chi connectivity index (χ3n) is 16.5. The van der Waals surface area contributed by atoms with Gasteiger partial charge in [-0.3, -0.25) is 24.5 Å². The lowest BCUT2D eigenvalue weighted by Gasteiger charge is -2.20. The van der Waals surface area contributed by atoms with Crippen LogP contribution < -0.4 is 51.3 Å². The Kier molecular flexibility index (Phi) is 31.1. The molecule has 0 unspecified atom stereocenters. The Hall–Kier alpha value is -13.8. The lowest BCUT2D eigenvalue weighted by atomic mass is 10.2. The van der Waals surface area contributed by atoms with Crippen LogP contribution >= 0.6 is 11.6 Å². The van der Waals surface area contributed by atoms with Gasteiger partial charge in [-0.1, -0.05) is 17.7 Å². The molecule has 0 aliphatic carbocycles. The maximum Gasteiger partial charge on any atom is 0.407 e. The highest BCUT2D eigenvalue weighted by atomic mass is 35.5. The number of halogens is 3. The van der Waals surface area contributed by atoms with Crippen molar-refractivity contribution in [2.24, 2.45) is 5.73 Å². The lowest BCUT2D eigenvalue weighted by molar-refractivity contribution is 0.0531. The van der Waals surface area contributed by atoms with Crippen LogP contribution in [0.4, 0.5) is 37.6 Å². The second-order valence-electron chi connectivity index (χ2n) is 27.2. The van der Waals surface area contributed by atoms with Gasteiger partial charge in [0.05, 0.1) is 31.8 Å². The van der Waals surface area contributed by atoms with E-state index in [0.29, 0.717) is 124 Å². The SMILES string of the molecule is COc1ccc2nc(Cl)oc2c1.COc1ccc2nc(NCc3ccnc(C)c3)oc2c1.Cc1cc(CNc2nc3ccc(O)cc3o2)ccn1.Cc1cc(CNc2nc3ccc(OC/C(=C\F)CN)cc3o2)ccn1.Cc1cc(CNc2nc3ccc(OC/C(=C\F)CNC(=O)OC(C)(C)C)cc3o2)ccn1.Cc1ccc(S(=O)(=O)O)cc1. The Labute approximate surface area is 688 Å². The van der Waals surface area contributed by atoms with Crippen molar-refractivity contribution >= 4 is 107 Å². The van der Waals surface area contributed by atoms with Gasteiger partial charge in [-0.2, -0.15) is 33.3 Å². The van der Waals surface area contributed by atoms with E-state index in [9.17, 15) is 27.1 Å². The fourth-order valence-electron chi connectivity index (χ4n) is 10.6. The minimum Gasteiger partial charge on any atom is -0.508 e. The van der Waals surface area contributed by atoms with Crippen molar-refractivity contribution in [3.8, 4) is 28.7 Å². The fraction of sp³-hybridized carbons (Fsp3) is 0.224. The molecule has 0 saturated heterocycles. The molecule has 0 spiro atoms. The fourth-order valence-corrected chi connectivity index (χ4v) is 11.3. The molecule has 15 rings (SSSR count). The highest BCUT2D eigenvalue weighted by Crippen LogP contribution is 2.30. The quantitative estimate of drug-likeness (QED) is 0.0260. The van der Waals surface area contributed by atoms with Crippen LogP contribution in [0.3, 0.4) is 0 Å². The largest absolute Gasteiger partial charge is 0.508 e. The highest BCUT2D eigenvalue weighted by Gasteiger charge is 2.18. The molecule has 119 heavy (non-hydrogen) atoms. The number of ether oxygens (including phenoxy) is 5. The number of hydrogen-bond donors (Lipinski definition) is 8. The van der Waals surface area contributed by atoms with E-state index in [-0.39, 0.29) is 47.9 Å². The average molecular weight is 1670 g/mol. The number of pyridine rings is 4. The predicted octanol–water partition coefficient (Wildman–Crippen LogP) is 18.0. The van der Waals surface area contributed by atoms with Gasteiger partial charge in [0.25, 0.3) is 39.5 Å². The van der Waals surface area contributed by atoms with Crippen LogP contribution in [0.25, 0.3) is 55.5 Å². The number of aromatic nitrogens is 9. The molecule has 9 aromatic heterocycles. The van der Waals surface area contributed by atoms with Crippen molar-refractivity contribution in [2.45, 2.75) is 92.1 Å². The number of phenolic OH excluding ortho intramolecular Hbond substituents is 1. The lowest BCUT2D eigenvalue weighted by Crippen LogP contribution is -2.34. The summed E-state index contributed by atoms with van der Waals surface area (Å²) in [4.78, 5) is 49.7. The number of amides is 1. The van der Waals surface area contributed by atoms with Gasteiger partial charge in [0.15, 0.2) is 27.9 Å². The minimum atomic E-state index is -4.02. The summed E-state index contributed by atoms with van der Waals surface area (Å²) >= 11 is 5.56. The van der Waals surface area contributed by atoms with E-state index in [2.05, 4.69) is 71.4 Å². The predicted molar refractivity (Wildman–Crippen MR) is 449 cm³/mol. The molecule has 15 aromatic rings. The number of oxazole rings is 5. The van der Waals surface area contributed by atoms with Crippen LogP contribution in [0, 0.1) is 34.6 Å². The van der Waals surface area contributed by atoms with E-state index < -0.39 is 21.8 Å². The molecule has 34 heteroatoms.